The van der Waals surface area contributed by atoms with Gasteiger partial charge < -0.3 is 10.0 Å². The highest BCUT2D eigenvalue weighted by molar-refractivity contribution is 6.02. The van der Waals surface area contributed by atoms with Crippen LogP contribution in [0.2, 0.25) is 0 Å². The molecule has 1 saturated heterocycles. The van der Waals surface area contributed by atoms with E-state index in [1.54, 1.807) is 4.90 Å². The van der Waals surface area contributed by atoms with Crippen molar-refractivity contribution < 1.29 is 19.5 Å². The van der Waals surface area contributed by atoms with Gasteiger partial charge in [-0.25, -0.2) is 9.59 Å². The van der Waals surface area contributed by atoms with Crippen molar-refractivity contribution in [1.82, 2.24) is 15.1 Å². The van der Waals surface area contributed by atoms with Gasteiger partial charge in [0.15, 0.2) is 0 Å². The number of urea groups is 1. The molecule has 3 amide bonds. The average Bonchev–Trinajstić information content (AvgIpc) is 2.36. The summed E-state index contributed by atoms with van der Waals surface area (Å²) < 4.78 is 0. The maximum absolute atomic E-state index is 11.8. The van der Waals surface area contributed by atoms with E-state index < -0.39 is 17.9 Å². The fourth-order valence-corrected chi connectivity index (χ4v) is 2.02. The number of carbonyl (C=O) groups is 3. The number of nitrogens with zero attached hydrogens (tertiary/aromatic N) is 2. The minimum absolute atomic E-state index is 0.478. The van der Waals surface area contributed by atoms with Gasteiger partial charge in [0.05, 0.1) is 0 Å². The Labute approximate surface area is 118 Å². The summed E-state index contributed by atoms with van der Waals surface area (Å²) in [5.74, 6) is -1.37. The van der Waals surface area contributed by atoms with Gasteiger partial charge in [0.25, 0.3) is 5.91 Å². The molecule has 0 aliphatic carbocycles. The highest BCUT2D eigenvalue weighted by Gasteiger charge is 2.22. The van der Waals surface area contributed by atoms with Crippen LogP contribution in [0.15, 0.2) is 12.2 Å². The predicted molar refractivity (Wildman–Crippen MR) is 73.2 cm³/mol. The highest BCUT2D eigenvalue weighted by atomic mass is 16.4. The molecule has 0 atom stereocenters. The number of aliphatic carboxylic acids is 1. The number of carboxylic acid groups (broad SMARTS) is 1. The van der Waals surface area contributed by atoms with Crippen LogP contribution in [0.5, 0.6) is 0 Å². The number of carbonyl (C=O) groups excluding carboxylic acids is 2. The quantitative estimate of drug-likeness (QED) is 0.716. The van der Waals surface area contributed by atoms with E-state index in [0.717, 1.165) is 25.7 Å². The minimum Gasteiger partial charge on any atom is -0.478 e. The van der Waals surface area contributed by atoms with Crippen molar-refractivity contribution in [2.24, 2.45) is 5.92 Å². The Kier molecular flexibility index (Phi) is 6.17. The average molecular weight is 283 g/mol. The molecule has 0 aromatic carbocycles. The lowest BCUT2D eigenvalue weighted by Gasteiger charge is -2.35. The SMILES string of the molecule is CC(C)CN1CCN(C(=O)NC(=O)C=CC(=O)O)CC1. The molecule has 7 nitrogen and oxygen atoms in total. The molecule has 0 radical (unpaired) electrons. The molecule has 1 heterocycles. The first kappa shape index (κ1) is 16.2. The number of imide groups is 1. The van der Waals surface area contributed by atoms with Gasteiger partial charge in [0, 0.05) is 44.9 Å². The van der Waals surface area contributed by atoms with Crippen LogP contribution in [0, 0.1) is 5.92 Å². The van der Waals surface area contributed by atoms with Crippen LogP contribution in [0.3, 0.4) is 0 Å². The van der Waals surface area contributed by atoms with E-state index in [0.29, 0.717) is 25.1 Å². The molecule has 0 spiro atoms. The zero-order valence-electron chi connectivity index (χ0n) is 11.8. The van der Waals surface area contributed by atoms with Crippen molar-refractivity contribution in [2.45, 2.75) is 13.8 Å². The summed E-state index contributed by atoms with van der Waals surface area (Å²) in [5, 5.41) is 10.5. The monoisotopic (exact) mass is 283 g/mol. The number of rotatable bonds is 4. The van der Waals surface area contributed by atoms with E-state index >= 15 is 0 Å². The molecule has 1 fully saturated rings. The maximum Gasteiger partial charge on any atom is 0.328 e. The summed E-state index contributed by atoms with van der Waals surface area (Å²) in [6.07, 6.45) is 1.53. The summed E-state index contributed by atoms with van der Waals surface area (Å²) in [7, 11) is 0. The molecule has 1 aliphatic rings. The number of carboxylic acids is 1. The molecule has 112 valence electrons. The first-order valence-corrected chi connectivity index (χ1v) is 6.61. The fraction of sp³-hybridized carbons (Fsp3) is 0.615. The summed E-state index contributed by atoms with van der Waals surface area (Å²) in [6, 6.07) is -0.478. The number of hydrogen-bond acceptors (Lipinski definition) is 4. The predicted octanol–water partition coefficient (Wildman–Crippen LogP) is 0.137. The summed E-state index contributed by atoms with van der Waals surface area (Å²) in [5.41, 5.74) is 0. The van der Waals surface area contributed by atoms with Crippen LogP contribution in [0.25, 0.3) is 0 Å². The third kappa shape index (κ3) is 5.83. The van der Waals surface area contributed by atoms with Crippen molar-refractivity contribution in [2.75, 3.05) is 32.7 Å². The second kappa shape index (κ2) is 7.64. The zero-order valence-corrected chi connectivity index (χ0v) is 11.8. The number of amides is 3. The van der Waals surface area contributed by atoms with Crippen LogP contribution in [0.4, 0.5) is 4.79 Å². The lowest BCUT2D eigenvalue weighted by atomic mass is 10.2. The van der Waals surface area contributed by atoms with Crippen molar-refractivity contribution >= 4 is 17.9 Å². The van der Waals surface area contributed by atoms with E-state index in [2.05, 4.69) is 24.1 Å². The van der Waals surface area contributed by atoms with Gasteiger partial charge >= 0.3 is 12.0 Å². The van der Waals surface area contributed by atoms with Crippen LogP contribution >= 0.6 is 0 Å². The molecule has 7 heteroatoms. The molecule has 0 aromatic heterocycles. The molecular weight excluding hydrogens is 262 g/mol. The third-order valence-electron chi connectivity index (χ3n) is 2.89. The van der Waals surface area contributed by atoms with Gasteiger partial charge in [0.2, 0.25) is 0 Å². The van der Waals surface area contributed by atoms with Crippen molar-refractivity contribution in [3.63, 3.8) is 0 Å². The maximum atomic E-state index is 11.8. The second-order valence-electron chi connectivity index (χ2n) is 5.15. The first-order chi connectivity index (χ1) is 9.38. The summed E-state index contributed by atoms with van der Waals surface area (Å²) in [4.78, 5) is 37.2. The topological polar surface area (TPSA) is 90.0 Å². The Morgan fingerprint density at radius 2 is 1.75 bits per heavy atom. The molecule has 0 saturated carbocycles. The lowest BCUT2D eigenvalue weighted by Crippen LogP contribution is -2.53. The van der Waals surface area contributed by atoms with E-state index in [4.69, 9.17) is 5.11 Å². The Morgan fingerprint density at radius 1 is 1.15 bits per heavy atom. The third-order valence-corrected chi connectivity index (χ3v) is 2.89. The molecular formula is C13H21N3O4. The van der Waals surface area contributed by atoms with Crippen LogP contribution in [0.1, 0.15) is 13.8 Å². The van der Waals surface area contributed by atoms with Crippen LogP contribution in [-0.4, -0.2) is 65.5 Å². The molecule has 0 aromatic rings. The highest BCUT2D eigenvalue weighted by Crippen LogP contribution is 2.05. The van der Waals surface area contributed by atoms with Gasteiger partial charge in [-0.3, -0.25) is 15.0 Å². The Morgan fingerprint density at radius 3 is 2.25 bits per heavy atom. The van der Waals surface area contributed by atoms with Gasteiger partial charge in [-0.2, -0.15) is 0 Å². The first-order valence-electron chi connectivity index (χ1n) is 6.61. The van der Waals surface area contributed by atoms with Gasteiger partial charge in [-0.15, -0.1) is 0 Å². The molecule has 0 bridgehead atoms. The summed E-state index contributed by atoms with van der Waals surface area (Å²) >= 11 is 0. The van der Waals surface area contributed by atoms with Gasteiger partial charge in [0.1, 0.15) is 0 Å². The van der Waals surface area contributed by atoms with E-state index in [1.165, 1.54) is 0 Å². The lowest BCUT2D eigenvalue weighted by molar-refractivity contribution is -0.131. The molecule has 1 aliphatic heterocycles. The van der Waals surface area contributed by atoms with Crippen LogP contribution < -0.4 is 5.32 Å². The van der Waals surface area contributed by atoms with E-state index in [-0.39, 0.29) is 0 Å². The normalized spacial score (nSPS) is 16.6. The molecule has 20 heavy (non-hydrogen) atoms. The Hall–Kier alpha value is -1.89. The number of hydrogen-bond donors (Lipinski definition) is 2. The zero-order chi connectivity index (χ0) is 15.1. The molecule has 1 rings (SSSR count). The number of piperazine rings is 1. The molecule has 2 N–H and O–H groups in total. The molecule has 0 unspecified atom stereocenters. The summed E-state index contributed by atoms with van der Waals surface area (Å²) in [6.45, 7) is 7.98. The van der Waals surface area contributed by atoms with Crippen molar-refractivity contribution in [3.05, 3.63) is 12.2 Å². The Bertz CT molecular complexity index is 398. The smallest absolute Gasteiger partial charge is 0.328 e. The standard InChI is InChI=1S/C13H21N3O4/c1-10(2)9-15-5-7-16(8-6-15)13(20)14-11(17)3-4-12(18)19/h3-4,10H,5-9H2,1-2H3,(H,18,19)(H,14,17,20). The number of nitrogens with one attached hydrogen (secondary N) is 1. The van der Waals surface area contributed by atoms with Crippen molar-refractivity contribution in [1.29, 1.82) is 0 Å². The van der Waals surface area contributed by atoms with Crippen LogP contribution in [-0.2, 0) is 9.59 Å². The minimum atomic E-state index is -1.23. The van der Waals surface area contributed by atoms with Crippen molar-refractivity contribution in [3.8, 4) is 0 Å². The second-order valence-corrected chi connectivity index (χ2v) is 5.15. The Balaban J connectivity index is 2.35. The fourth-order valence-electron chi connectivity index (χ4n) is 2.02. The van der Waals surface area contributed by atoms with E-state index in [9.17, 15) is 14.4 Å². The largest absolute Gasteiger partial charge is 0.478 e. The van der Waals surface area contributed by atoms with Gasteiger partial charge in [-0.05, 0) is 5.92 Å². The van der Waals surface area contributed by atoms with Gasteiger partial charge in [-0.1, -0.05) is 13.8 Å². The van der Waals surface area contributed by atoms with E-state index in [1.807, 2.05) is 0 Å².